The maximum Gasteiger partial charge on any atom is 0.289 e. The topological polar surface area (TPSA) is 62.7 Å². The van der Waals surface area contributed by atoms with Gasteiger partial charge in [-0.25, -0.2) is 0 Å². The van der Waals surface area contributed by atoms with Crippen LogP contribution in [-0.2, 0) is 6.42 Å². The quantitative estimate of drug-likeness (QED) is 0.883. The summed E-state index contributed by atoms with van der Waals surface area (Å²) >= 11 is 0. The van der Waals surface area contributed by atoms with Gasteiger partial charge in [-0.15, -0.1) is 0 Å². The number of carbonyl (C=O) groups is 1. The number of furan rings is 1. The lowest BCUT2D eigenvalue weighted by molar-refractivity contribution is 0.0541. The molecule has 1 aromatic heterocycles. The fourth-order valence-electron chi connectivity index (χ4n) is 2.70. The van der Waals surface area contributed by atoms with Crippen LogP contribution in [0.2, 0.25) is 0 Å². The third-order valence-electron chi connectivity index (χ3n) is 4.08. The average molecular weight is 279 g/mol. The van der Waals surface area contributed by atoms with Crippen LogP contribution in [0.1, 0.15) is 36.6 Å². The molecule has 1 fully saturated rings. The van der Waals surface area contributed by atoms with E-state index in [0.717, 1.165) is 44.8 Å². The van der Waals surface area contributed by atoms with Crippen LogP contribution in [0.3, 0.4) is 0 Å². The van der Waals surface area contributed by atoms with E-state index in [1.54, 1.807) is 6.07 Å². The molecular formula is C15H25N3O2. The van der Waals surface area contributed by atoms with E-state index in [1.807, 2.05) is 17.9 Å². The van der Waals surface area contributed by atoms with Gasteiger partial charge in [-0.05, 0) is 18.6 Å². The van der Waals surface area contributed by atoms with Crippen LogP contribution >= 0.6 is 0 Å². The fraction of sp³-hybridized carbons (Fsp3) is 0.667. The first-order chi connectivity index (χ1) is 9.69. The van der Waals surface area contributed by atoms with Gasteiger partial charge >= 0.3 is 0 Å². The molecular weight excluding hydrogens is 254 g/mol. The lowest BCUT2D eigenvalue weighted by atomic mass is 10.1. The lowest BCUT2D eigenvalue weighted by Crippen LogP contribution is -2.53. The van der Waals surface area contributed by atoms with E-state index in [4.69, 9.17) is 10.2 Å². The van der Waals surface area contributed by atoms with Crippen LogP contribution in [0, 0.1) is 0 Å². The van der Waals surface area contributed by atoms with Crippen molar-refractivity contribution >= 4 is 5.91 Å². The summed E-state index contributed by atoms with van der Waals surface area (Å²) in [5.41, 5.74) is 5.78. The zero-order valence-corrected chi connectivity index (χ0v) is 12.5. The molecule has 1 amide bonds. The summed E-state index contributed by atoms with van der Waals surface area (Å²) in [6.07, 6.45) is 1.87. The molecule has 5 nitrogen and oxygen atoms in total. The third kappa shape index (κ3) is 3.22. The van der Waals surface area contributed by atoms with Crippen molar-refractivity contribution in [2.75, 3.05) is 32.7 Å². The number of nitrogens with two attached hydrogens (primary N) is 1. The minimum atomic E-state index is 0.00477. The van der Waals surface area contributed by atoms with Gasteiger partial charge in [0.15, 0.2) is 5.76 Å². The summed E-state index contributed by atoms with van der Waals surface area (Å²) in [6.45, 7) is 8.14. The number of aryl methyl sites for hydroxylation is 1. The van der Waals surface area contributed by atoms with E-state index in [2.05, 4.69) is 11.8 Å². The van der Waals surface area contributed by atoms with Crippen molar-refractivity contribution in [3.63, 3.8) is 0 Å². The summed E-state index contributed by atoms with van der Waals surface area (Å²) in [7, 11) is 0. The summed E-state index contributed by atoms with van der Waals surface area (Å²) in [5, 5.41) is 0. The number of carbonyl (C=O) groups excluding carboxylic acids is 1. The number of rotatable bonds is 5. The Morgan fingerprint density at radius 3 is 2.50 bits per heavy atom. The molecule has 1 aliphatic heterocycles. The van der Waals surface area contributed by atoms with Gasteiger partial charge in [0.05, 0.1) is 0 Å². The first-order valence-corrected chi connectivity index (χ1v) is 7.51. The fourth-order valence-corrected chi connectivity index (χ4v) is 2.70. The summed E-state index contributed by atoms with van der Waals surface area (Å²) < 4.78 is 5.54. The van der Waals surface area contributed by atoms with E-state index < -0.39 is 0 Å². The Hall–Kier alpha value is -1.33. The standard InChI is InChI=1S/C15H25N3O2/c1-3-12(11-16)17-7-9-18(10-8-17)15(19)14-6-5-13(4-2)20-14/h5-6,12H,3-4,7-11,16H2,1-2H3. The molecule has 0 aliphatic carbocycles. The smallest absolute Gasteiger partial charge is 0.289 e. The predicted molar refractivity (Wildman–Crippen MR) is 78.7 cm³/mol. The second-order valence-corrected chi connectivity index (χ2v) is 5.25. The molecule has 2 rings (SSSR count). The maximum absolute atomic E-state index is 12.3. The van der Waals surface area contributed by atoms with Crippen molar-refractivity contribution in [3.8, 4) is 0 Å². The number of hydrogen-bond acceptors (Lipinski definition) is 4. The van der Waals surface area contributed by atoms with Crippen LogP contribution in [0.4, 0.5) is 0 Å². The van der Waals surface area contributed by atoms with Crippen molar-refractivity contribution in [2.45, 2.75) is 32.7 Å². The van der Waals surface area contributed by atoms with Crippen molar-refractivity contribution in [1.29, 1.82) is 0 Å². The summed E-state index contributed by atoms with van der Waals surface area (Å²) in [5.74, 6) is 1.33. The monoisotopic (exact) mass is 279 g/mol. The Kier molecular flexibility index (Phi) is 5.20. The molecule has 1 atom stereocenters. The molecule has 1 unspecified atom stereocenters. The molecule has 0 radical (unpaired) electrons. The van der Waals surface area contributed by atoms with E-state index in [1.165, 1.54) is 0 Å². The number of amides is 1. The Bertz CT molecular complexity index is 432. The summed E-state index contributed by atoms with van der Waals surface area (Å²) in [6, 6.07) is 4.09. The van der Waals surface area contributed by atoms with Crippen molar-refractivity contribution in [3.05, 3.63) is 23.7 Å². The van der Waals surface area contributed by atoms with Gasteiger partial charge in [0.1, 0.15) is 5.76 Å². The van der Waals surface area contributed by atoms with Gasteiger partial charge in [0.2, 0.25) is 0 Å². The minimum Gasteiger partial charge on any atom is -0.456 e. The molecule has 0 saturated carbocycles. The Balaban J connectivity index is 1.91. The molecule has 112 valence electrons. The third-order valence-corrected chi connectivity index (χ3v) is 4.08. The zero-order chi connectivity index (χ0) is 14.5. The van der Waals surface area contributed by atoms with Gasteiger partial charge < -0.3 is 15.1 Å². The van der Waals surface area contributed by atoms with Crippen LogP contribution < -0.4 is 5.73 Å². The van der Waals surface area contributed by atoms with Gasteiger partial charge in [0.25, 0.3) is 5.91 Å². The highest BCUT2D eigenvalue weighted by Gasteiger charge is 2.26. The van der Waals surface area contributed by atoms with Gasteiger partial charge in [-0.3, -0.25) is 9.69 Å². The van der Waals surface area contributed by atoms with Gasteiger partial charge in [-0.2, -0.15) is 0 Å². The molecule has 0 spiro atoms. The molecule has 1 saturated heterocycles. The zero-order valence-electron chi connectivity index (χ0n) is 12.5. The number of nitrogens with zero attached hydrogens (tertiary/aromatic N) is 2. The highest BCUT2D eigenvalue weighted by atomic mass is 16.4. The van der Waals surface area contributed by atoms with Crippen molar-refractivity contribution in [1.82, 2.24) is 9.80 Å². The molecule has 20 heavy (non-hydrogen) atoms. The summed E-state index contributed by atoms with van der Waals surface area (Å²) in [4.78, 5) is 16.6. The molecule has 1 aromatic rings. The molecule has 2 heterocycles. The first kappa shape index (κ1) is 15.1. The highest BCUT2D eigenvalue weighted by Crippen LogP contribution is 2.14. The van der Waals surface area contributed by atoms with Gasteiger partial charge in [-0.1, -0.05) is 13.8 Å². The molecule has 5 heteroatoms. The Labute approximate surface area is 120 Å². The molecule has 0 bridgehead atoms. The van der Waals surface area contributed by atoms with Crippen LogP contribution in [0.5, 0.6) is 0 Å². The van der Waals surface area contributed by atoms with Crippen LogP contribution in [-0.4, -0.2) is 54.5 Å². The largest absolute Gasteiger partial charge is 0.456 e. The lowest BCUT2D eigenvalue weighted by Gasteiger charge is -2.38. The Morgan fingerprint density at radius 2 is 2.00 bits per heavy atom. The predicted octanol–water partition coefficient (Wildman–Crippen LogP) is 1.34. The molecule has 1 aliphatic rings. The second-order valence-electron chi connectivity index (χ2n) is 5.25. The van der Waals surface area contributed by atoms with E-state index in [9.17, 15) is 4.79 Å². The van der Waals surface area contributed by atoms with E-state index >= 15 is 0 Å². The normalized spacial score (nSPS) is 18.2. The second kappa shape index (κ2) is 6.90. The number of hydrogen-bond donors (Lipinski definition) is 1. The molecule has 2 N–H and O–H groups in total. The SMILES string of the molecule is CCc1ccc(C(=O)N2CCN(C(CC)CN)CC2)o1. The Morgan fingerprint density at radius 1 is 1.30 bits per heavy atom. The average Bonchev–Trinajstić information content (AvgIpc) is 2.97. The maximum atomic E-state index is 12.3. The number of piperazine rings is 1. The van der Waals surface area contributed by atoms with E-state index in [-0.39, 0.29) is 5.91 Å². The van der Waals surface area contributed by atoms with E-state index in [0.29, 0.717) is 18.3 Å². The molecule has 0 aromatic carbocycles. The highest BCUT2D eigenvalue weighted by molar-refractivity contribution is 5.91. The van der Waals surface area contributed by atoms with Crippen LogP contribution in [0.25, 0.3) is 0 Å². The van der Waals surface area contributed by atoms with Gasteiger partial charge in [0, 0.05) is 45.2 Å². The first-order valence-electron chi connectivity index (χ1n) is 7.51. The van der Waals surface area contributed by atoms with Crippen molar-refractivity contribution < 1.29 is 9.21 Å². The van der Waals surface area contributed by atoms with Crippen LogP contribution in [0.15, 0.2) is 16.5 Å². The minimum absolute atomic E-state index is 0.00477. The van der Waals surface area contributed by atoms with Crippen molar-refractivity contribution in [2.24, 2.45) is 5.73 Å².